The van der Waals surface area contributed by atoms with Crippen molar-refractivity contribution in [2.45, 2.75) is 287 Å². The molecule has 5 N–H and O–H groups in total. The van der Waals surface area contributed by atoms with Crippen molar-refractivity contribution in [1.29, 1.82) is 0 Å². The quantitative estimate of drug-likeness (QED) is 0.0728. The van der Waals surface area contributed by atoms with E-state index in [1.165, 1.54) is 0 Å². The van der Waals surface area contributed by atoms with Crippen LogP contribution in [0.25, 0.3) is 0 Å². The molecule has 1 aliphatic carbocycles. The third kappa shape index (κ3) is 17.0. The van der Waals surface area contributed by atoms with E-state index in [1.54, 1.807) is 0 Å². The van der Waals surface area contributed by atoms with Gasteiger partial charge >= 0.3 is 12.2 Å². The van der Waals surface area contributed by atoms with Gasteiger partial charge in [0.05, 0.1) is 55.4 Å². The minimum absolute atomic E-state index is 0.0281. The Kier molecular flexibility index (Phi) is 23.7. The van der Waals surface area contributed by atoms with Crippen molar-refractivity contribution < 1.29 is 75.3 Å². The second-order valence-electron chi connectivity index (χ2n) is 30.1. The van der Waals surface area contributed by atoms with Crippen molar-refractivity contribution in [2.24, 2.45) is 17.6 Å². The van der Waals surface area contributed by atoms with Crippen LogP contribution in [0.4, 0.5) is 9.59 Å². The number of nitrogens with one attached hydrogen (secondary N) is 2. The first-order valence-corrected chi connectivity index (χ1v) is 41.5. The van der Waals surface area contributed by atoms with Crippen LogP contribution in [0.1, 0.15) is 132 Å². The molecule has 22 heteroatoms. The number of aliphatic hydroxyl groups is 1. The summed E-state index contributed by atoms with van der Waals surface area (Å²) in [4.78, 5) is 28.5. The number of amides is 2. The van der Waals surface area contributed by atoms with Gasteiger partial charge in [0.2, 0.25) is 0 Å². The smallest absolute Gasteiger partial charge is 0.407 e. The number of aliphatic hydroxyl groups excluding tert-OH is 1. The van der Waals surface area contributed by atoms with Crippen LogP contribution < -0.4 is 16.4 Å². The molecule has 2 amide bonds. The topological polar surface area (TPSA) is 224 Å². The van der Waals surface area contributed by atoms with Gasteiger partial charge in [-0.2, -0.15) is 0 Å². The number of carbonyl (C=O) groups is 2. The van der Waals surface area contributed by atoms with E-state index in [0.717, 1.165) is 16.7 Å². The number of carbonyl (C=O) groups excluding carboxylic acids is 2. The molecular weight excluding hydrogens is 1200 g/mol. The second-order valence-corrected chi connectivity index (χ2v) is 44.4. The summed E-state index contributed by atoms with van der Waals surface area (Å²) in [6.07, 6.45) is -12.8. The molecule has 3 aromatic carbocycles. The summed E-state index contributed by atoms with van der Waals surface area (Å²) in [5.74, 6) is -0.719. The second kappa shape index (κ2) is 29.5. The third-order valence-electron chi connectivity index (χ3n) is 20.4. The summed E-state index contributed by atoms with van der Waals surface area (Å²) < 4.78 is 90.6. The molecule has 4 aliphatic heterocycles. The van der Waals surface area contributed by atoms with E-state index in [2.05, 4.69) is 119 Å². The molecule has 8 rings (SSSR count). The van der Waals surface area contributed by atoms with Crippen molar-refractivity contribution in [3.8, 4) is 0 Å². The number of hydrogen-bond donors (Lipinski definition) is 4. The van der Waals surface area contributed by atoms with Crippen molar-refractivity contribution in [3.05, 3.63) is 108 Å². The predicted molar refractivity (Wildman–Crippen MR) is 351 cm³/mol. The molecule has 20 atom stereocenters. The molecule has 5 aliphatic rings. The largest absolute Gasteiger partial charge is 0.445 e. The summed E-state index contributed by atoms with van der Waals surface area (Å²) in [6.45, 7) is 41.2. The monoisotopic (exact) mass is 1310 g/mol. The number of rotatable bonds is 21. The van der Waals surface area contributed by atoms with Gasteiger partial charge in [-0.1, -0.05) is 181 Å². The minimum Gasteiger partial charge on any atom is -0.445 e. The summed E-state index contributed by atoms with van der Waals surface area (Å²) in [6, 6.07) is 26.2. The molecule has 0 aromatic heterocycles. The zero-order chi connectivity index (χ0) is 65.9. The molecule has 19 nitrogen and oxygen atoms in total. The van der Waals surface area contributed by atoms with Gasteiger partial charge in [-0.3, -0.25) is 0 Å². The zero-order valence-electron chi connectivity index (χ0n) is 57.1. The van der Waals surface area contributed by atoms with Crippen LogP contribution in [-0.4, -0.2) is 153 Å². The van der Waals surface area contributed by atoms with E-state index in [4.69, 9.17) is 66.4 Å². The normalized spacial score (nSPS) is 33.8. The van der Waals surface area contributed by atoms with E-state index < -0.39 is 153 Å². The third-order valence-corrected chi connectivity index (χ3v) is 33.8. The van der Waals surface area contributed by atoms with Crippen molar-refractivity contribution in [2.75, 3.05) is 6.61 Å². The predicted octanol–water partition coefficient (Wildman–Crippen LogP) is 12.4. The number of nitrogens with two attached hydrogens (primary N) is 1. The molecular formula is C68H109N3O16Si3. The van der Waals surface area contributed by atoms with Crippen molar-refractivity contribution >= 4 is 37.1 Å². The Hall–Kier alpha value is -3.67. The average molecular weight is 1310 g/mol. The molecule has 0 spiro atoms. The lowest BCUT2D eigenvalue weighted by Crippen LogP contribution is -2.70. The number of benzene rings is 3. The molecule has 5 fully saturated rings. The molecule has 0 radical (unpaired) electrons. The van der Waals surface area contributed by atoms with Gasteiger partial charge in [0.15, 0.2) is 50.1 Å². The van der Waals surface area contributed by atoms with Gasteiger partial charge in [0, 0.05) is 17.5 Å². The van der Waals surface area contributed by atoms with E-state index in [0.29, 0.717) is 19.3 Å². The van der Waals surface area contributed by atoms with Crippen LogP contribution >= 0.6 is 0 Å². The zero-order valence-corrected chi connectivity index (χ0v) is 60.1. The Morgan fingerprint density at radius 2 is 0.989 bits per heavy atom. The summed E-state index contributed by atoms with van der Waals surface area (Å²) in [5, 5.41) is 18.1. The summed E-state index contributed by atoms with van der Waals surface area (Å²) >= 11 is 0. The van der Waals surface area contributed by atoms with E-state index in [-0.39, 0.29) is 40.9 Å². The Bertz CT molecular complexity index is 2750. The molecule has 4 heterocycles. The fourth-order valence-electron chi connectivity index (χ4n) is 11.8. The van der Waals surface area contributed by atoms with Gasteiger partial charge < -0.3 is 82.1 Å². The maximum absolute atomic E-state index is 14.5. The highest BCUT2D eigenvalue weighted by Crippen LogP contribution is 2.47. The fourth-order valence-corrected chi connectivity index (χ4v) is 15.7. The van der Waals surface area contributed by atoms with Crippen LogP contribution in [-0.2, 0) is 73.9 Å². The lowest BCUT2D eigenvalue weighted by atomic mass is 9.80. The molecule has 3 aromatic rings. The van der Waals surface area contributed by atoms with Crippen LogP contribution in [0, 0.1) is 11.8 Å². The lowest BCUT2D eigenvalue weighted by molar-refractivity contribution is -0.352. The average Bonchev–Trinajstić information content (AvgIpc) is 1.15. The minimum atomic E-state index is -2.78. The van der Waals surface area contributed by atoms with Gasteiger partial charge in [-0.25, -0.2) is 9.59 Å². The highest BCUT2D eigenvalue weighted by Gasteiger charge is 2.60. The van der Waals surface area contributed by atoms with Gasteiger partial charge in [0.25, 0.3) is 0 Å². The molecule has 504 valence electrons. The number of fused-ring (bicyclic) bond motifs is 1. The molecule has 1 saturated carbocycles. The maximum atomic E-state index is 14.5. The Balaban J connectivity index is 1.15. The van der Waals surface area contributed by atoms with Crippen LogP contribution in [0.3, 0.4) is 0 Å². The Labute approximate surface area is 539 Å². The summed E-state index contributed by atoms with van der Waals surface area (Å²) in [5.41, 5.74) is 9.37. The first-order valence-electron chi connectivity index (χ1n) is 32.8. The van der Waals surface area contributed by atoms with E-state index >= 15 is 0 Å². The highest BCUT2D eigenvalue weighted by molar-refractivity contribution is 6.75. The lowest BCUT2D eigenvalue weighted by Gasteiger charge is -2.53. The standard InChI is InChI=1S/C68H109N3O16Si3/c1-20-47-55(83-62-51(71-65(74)77-39-44-33-27-23-28-34-44)57(86-89(16,17)67(8,9)10)56(48(21-2)78-62)85-88(14,15)66(5,6)7)59(87-90(18,19)68(11,12)13)63(79-47)84-58-52(72)46(69)37-41(3)53(58)81-61-50(70-64(73)76-38-43-31-25-22-26-32-43)42(4)54-49(80-61)40-75-60(82-54)45-35-29-24-30-36-45/h22-36,41-42,46-63,72H,20-21,37-40,69H2,1-19H3,(H,70,73)(H,71,74)/t41-,42+,46+,47+,48-,49+,50+,51+,52-,53+,54-,55+,56+,57+,58+,59+,60?,61+,62+,63-/m0/s1. The first-order chi connectivity index (χ1) is 42.1. The van der Waals surface area contributed by atoms with Crippen molar-refractivity contribution in [1.82, 2.24) is 10.6 Å². The number of alkyl carbamates (subject to hydrolysis) is 2. The van der Waals surface area contributed by atoms with Crippen molar-refractivity contribution in [3.63, 3.8) is 0 Å². The molecule has 1 unspecified atom stereocenters. The van der Waals surface area contributed by atoms with Gasteiger partial charge in [-0.15, -0.1) is 0 Å². The molecule has 90 heavy (non-hydrogen) atoms. The van der Waals surface area contributed by atoms with E-state index in [9.17, 15) is 14.7 Å². The molecule has 4 saturated heterocycles. The Morgan fingerprint density at radius 1 is 0.556 bits per heavy atom. The van der Waals surface area contributed by atoms with E-state index in [1.807, 2.05) is 112 Å². The first kappa shape index (κ1) is 72.2. The number of ether oxygens (including phenoxy) is 10. The summed E-state index contributed by atoms with van der Waals surface area (Å²) in [7, 11) is -8.01. The van der Waals surface area contributed by atoms with Gasteiger partial charge in [0.1, 0.15) is 43.7 Å². The van der Waals surface area contributed by atoms with Gasteiger partial charge in [-0.05, 0) is 90.7 Å². The number of hydrogen-bond acceptors (Lipinski definition) is 17. The molecule has 0 bridgehead atoms. The maximum Gasteiger partial charge on any atom is 0.407 e. The van der Waals surface area contributed by atoms with Crippen LogP contribution in [0.2, 0.25) is 54.4 Å². The highest BCUT2D eigenvalue weighted by atomic mass is 28.4. The fraction of sp³-hybridized carbons (Fsp3) is 0.706. The SMILES string of the molecule is CC[C@@H]1O[C@H](O[C@H]2[C@@H](O[Si](C)(C)C(C)(C)C)[C@H](O[C@@H]3[C@@H](O)[C@H](N)C[C@H](C)[C@H]3O[C@H]3O[C@@H]4COC(c5ccccc5)O[C@H]4[C@H](C)[C@H]3NC(=O)OCc3ccccc3)O[C@@H]2CC)[C@H](NC(=O)OCc2ccccc2)[C@@H](O[Si](C)(C)C(C)(C)C)[C@@H]1O[Si](C)(C)C(C)(C)C. The van der Waals surface area contributed by atoms with Crippen LogP contribution in [0.5, 0.6) is 0 Å². The van der Waals surface area contributed by atoms with Crippen LogP contribution in [0.15, 0.2) is 91.0 Å². The Morgan fingerprint density at radius 3 is 1.50 bits per heavy atom.